The van der Waals surface area contributed by atoms with Crippen LogP contribution in [0.5, 0.6) is 0 Å². The van der Waals surface area contributed by atoms with E-state index in [9.17, 15) is 4.79 Å². The van der Waals surface area contributed by atoms with Gasteiger partial charge in [-0.1, -0.05) is 12.8 Å². The smallest absolute Gasteiger partial charge is 0.338 e. The molecule has 0 unspecified atom stereocenters. The fraction of sp³-hybridized carbons (Fsp3) is 0.643. The van der Waals surface area contributed by atoms with Gasteiger partial charge in [0, 0.05) is 12.1 Å². The molecule has 1 aliphatic rings. The van der Waals surface area contributed by atoms with Crippen LogP contribution in [-0.2, 0) is 6.54 Å². The maximum absolute atomic E-state index is 10.8. The van der Waals surface area contributed by atoms with Gasteiger partial charge in [-0.15, -0.1) is 0 Å². The lowest BCUT2D eigenvalue weighted by Crippen LogP contribution is -2.49. The SMILES string of the molecule is CN(C)C1(CNCc2cc(C(=O)O)co2)CCCC1. The van der Waals surface area contributed by atoms with Crippen LogP contribution < -0.4 is 5.32 Å². The van der Waals surface area contributed by atoms with Crippen molar-refractivity contribution in [2.45, 2.75) is 37.8 Å². The summed E-state index contributed by atoms with van der Waals surface area (Å²) in [5, 5.41) is 12.2. The normalized spacial score (nSPS) is 18.1. The van der Waals surface area contributed by atoms with Gasteiger partial charge in [-0.05, 0) is 33.0 Å². The highest BCUT2D eigenvalue weighted by Crippen LogP contribution is 2.33. The molecule has 0 amide bonds. The van der Waals surface area contributed by atoms with Crippen LogP contribution >= 0.6 is 0 Å². The van der Waals surface area contributed by atoms with E-state index in [-0.39, 0.29) is 11.1 Å². The first-order chi connectivity index (χ1) is 9.03. The largest absolute Gasteiger partial charge is 0.478 e. The van der Waals surface area contributed by atoms with Crippen molar-refractivity contribution >= 4 is 5.97 Å². The summed E-state index contributed by atoms with van der Waals surface area (Å²) in [7, 11) is 4.25. The number of carbonyl (C=O) groups is 1. The number of likely N-dealkylation sites (N-methyl/N-ethyl adjacent to an activating group) is 1. The number of carboxylic acids is 1. The monoisotopic (exact) mass is 266 g/mol. The van der Waals surface area contributed by atoms with Gasteiger partial charge in [0.15, 0.2) is 0 Å². The Hall–Kier alpha value is -1.33. The number of rotatable bonds is 6. The minimum absolute atomic E-state index is 0.208. The van der Waals surface area contributed by atoms with Crippen molar-refractivity contribution in [2.24, 2.45) is 0 Å². The van der Waals surface area contributed by atoms with Crippen molar-refractivity contribution in [3.63, 3.8) is 0 Å². The zero-order chi connectivity index (χ0) is 13.9. The first-order valence-electron chi connectivity index (χ1n) is 6.72. The van der Waals surface area contributed by atoms with Gasteiger partial charge < -0.3 is 19.7 Å². The number of carboxylic acid groups (broad SMARTS) is 1. The van der Waals surface area contributed by atoms with Crippen molar-refractivity contribution in [1.82, 2.24) is 10.2 Å². The Morgan fingerprint density at radius 1 is 1.47 bits per heavy atom. The second-order valence-corrected chi connectivity index (χ2v) is 5.54. The average molecular weight is 266 g/mol. The highest BCUT2D eigenvalue weighted by Gasteiger charge is 2.35. The number of nitrogens with zero attached hydrogens (tertiary/aromatic N) is 1. The quantitative estimate of drug-likeness (QED) is 0.823. The number of furan rings is 1. The van der Waals surface area contributed by atoms with E-state index in [1.165, 1.54) is 31.9 Å². The fourth-order valence-corrected chi connectivity index (χ4v) is 2.82. The molecule has 19 heavy (non-hydrogen) atoms. The van der Waals surface area contributed by atoms with Crippen molar-refractivity contribution < 1.29 is 14.3 Å². The Labute approximate surface area is 113 Å². The summed E-state index contributed by atoms with van der Waals surface area (Å²) < 4.78 is 5.23. The topological polar surface area (TPSA) is 65.7 Å². The molecule has 1 heterocycles. The molecule has 0 atom stereocenters. The third-order valence-electron chi connectivity index (χ3n) is 4.14. The van der Waals surface area contributed by atoms with Crippen LogP contribution in [0, 0.1) is 0 Å². The number of hydrogen-bond acceptors (Lipinski definition) is 4. The van der Waals surface area contributed by atoms with Crippen molar-refractivity contribution in [2.75, 3.05) is 20.6 Å². The second kappa shape index (κ2) is 5.75. The maximum atomic E-state index is 10.8. The van der Waals surface area contributed by atoms with E-state index >= 15 is 0 Å². The number of hydrogen-bond donors (Lipinski definition) is 2. The Bertz CT molecular complexity index is 434. The predicted molar refractivity (Wildman–Crippen MR) is 72.3 cm³/mol. The molecule has 2 N–H and O–H groups in total. The van der Waals surface area contributed by atoms with Crippen LogP contribution in [0.2, 0.25) is 0 Å². The van der Waals surface area contributed by atoms with Crippen LogP contribution in [-0.4, -0.2) is 42.2 Å². The van der Waals surface area contributed by atoms with Crippen molar-refractivity contribution in [3.8, 4) is 0 Å². The summed E-state index contributed by atoms with van der Waals surface area (Å²) in [6.07, 6.45) is 6.28. The summed E-state index contributed by atoms with van der Waals surface area (Å²) >= 11 is 0. The lowest BCUT2D eigenvalue weighted by molar-refractivity contribution is 0.0696. The highest BCUT2D eigenvalue weighted by molar-refractivity contribution is 5.87. The molecule has 0 aliphatic heterocycles. The lowest BCUT2D eigenvalue weighted by atomic mass is 9.96. The maximum Gasteiger partial charge on any atom is 0.338 e. The lowest BCUT2D eigenvalue weighted by Gasteiger charge is -2.36. The molecule has 1 aliphatic carbocycles. The van der Waals surface area contributed by atoms with Gasteiger partial charge >= 0.3 is 5.97 Å². The molecule has 0 saturated heterocycles. The number of nitrogens with one attached hydrogen (secondary N) is 1. The van der Waals surface area contributed by atoms with Gasteiger partial charge in [0.25, 0.3) is 0 Å². The average Bonchev–Trinajstić information content (AvgIpc) is 2.98. The van der Waals surface area contributed by atoms with E-state index in [4.69, 9.17) is 9.52 Å². The van der Waals surface area contributed by atoms with Gasteiger partial charge in [0.1, 0.15) is 12.0 Å². The van der Waals surface area contributed by atoms with E-state index in [1.807, 2.05) is 0 Å². The van der Waals surface area contributed by atoms with Crippen molar-refractivity contribution in [3.05, 3.63) is 23.7 Å². The molecule has 0 spiro atoms. The second-order valence-electron chi connectivity index (χ2n) is 5.54. The first-order valence-corrected chi connectivity index (χ1v) is 6.72. The van der Waals surface area contributed by atoms with E-state index in [0.717, 1.165) is 6.54 Å². The number of aromatic carboxylic acids is 1. The molecule has 5 heteroatoms. The molecule has 1 aromatic rings. The predicted octanol–water partition coefficient (Wildman–Crippen LogP) is 1.94. The molecular weight excluding hydrogens is 244 g/mol. The summed E-state index contributed by atoms with van der Waals surface area (Å²) in [5.41, 5.74) is 0.447. The zero-order valence-corrected chi connectivity index (χ0v) is 11.6. The Balaban J connectivity index is 1.86. The van der Waals surface area contributed by atoms with Crippen LogP contribution in [0.25, 0.3) is 0 Å². The molecular formula is C14H22N2O3. The molecule has 5 nitrogen and oxygen atoms in total. The highest BCUT2D eigenvalue weighted by atomic mass is 16.4. The van der Waals surface area contributed by atoms with Gasteiger partial charge in [-0.3, -0.25) is 0 Å². The van der Waals surface area contributed by atoms with Crippen molar-refractivity contribution in [1.29, 1.82) is 0 Å². The molecule has 1 aromatic heterocycles. The van der Waals surface area contributed by atoms with Gasteiger partial charge in [-0.25, -0.2) is 4.79 Å². The third kappa shape index (κ3) is 3.16. The summed E-state index contributed by atoms with van der Waals surface area (Å²) in [4.78, 5) is 13.1. The zero-order valence-electron chi connectivity index (χ0n) is 11.6. The van der Waals surface area contributed by atoms with Gasteiger partial charge in [0.2, 0.25) is 0 Å². The van der Waals surface area contributed by atoms with Crippen LogP contribution in [0.3, 0.4) is 0 Å². The fourth-order valence-electron chi connectivity index (χ4n) is 2.82. The molecule has 1 saturated carbocycles. The standard InChI is InChI=1S/C14H22N2O3/c1-16(2)14(5-3-4-6-14)10-15-8-12-7-11(9-19-12)13(17)18/h7,9,15H,3-6,8,10H2,1-2H3,(H,17,18). The Morgan fingerprint density at radius 3 is 2.68 bits per heavy atom. The molecule has 0 radical (unpaired) electrons. The summed E-state index contributed by atoms with van der Waals surface area (Å²) in [6, 6.07) is 1.58. The third-order valence-corrected chi connectivity index (χ3v) is 4.14. The van der Waals surface area contributed by atoms with Crippen LogP contribution in [0.1, 0.15) is 41.8 Å². The summed E-state index contributed by atoms with van der Waals surface area (Å²) in [5.74, 6) is -0.278. The van der Waals surface area contributed by atoms with Gasteiger partial charge in [0.05, 0.1) is 12.1 Å². The Kier molecular flexibility index (Phi) is 4.27. The molecule has 106 valence electrons. The molecule has 1 fully saturated rings. The van der Waals surface area contributed by atoms with Crippen LogP contribution in [0.4, 0.5) is 0 Å². The van der Waals surface area contributed by atoms with E-state index in [0.29, 0.717) is 12.3 Å². The minimum atomic E-state index is -0.949. The van der Waals surface area contributed by atoms with E-state index in [2.05, 4.69) is 24.3 Å². The summed E-state index contributed by atoms with van der Waals surface area (Å²) in [6.45, 7) is 1.48. The van der Waals surface area contributed by atoms with E-state index in [1.54, 1.807) is 6.07 Å². The Morgan fingerprint density at radius 2 is 2.16 bits per heavy atom. The van der Waals surface area contributed by atoms with Crippen LogP contribution in [0.15, 0.2) is 16.7 Å². The molecule has 0 aromatic carbocycles. The molecule has 0 bridgehead atoms. The minimum Gasteiger partial charge on any atom is -0.478 e. The van der Waals surface area contributed by atoms with Gasteiger partial charge in [-0.2, -0.15) is 0 Å². The first kappa shape index (κ1) is 14.1. The molecule has 2 rings (SSSR count). The van der Waals surface area contributed by atoms with E-state index < -0.39 is 5.97 Å².